The summed E-state index contributed by atoms with van der Waals surface area (Å²) in [4.78, 5) is 25.3. The fourth-order valence-corrected chi connectivity index (χ4v) is 3.03. The van der Waals surface area contributed by atoms with E-state index >= 15 is 0 Å². The van der Waals surface area contributed by atoms with Crippen LogP contribution in [0, 0.1) is 11.3 Å². The quantitative estimate of drug-likeness (QED) is 0.695. The van der Waals surface area contributed by atoms with Gasteiger partial charge in [0.15, 0.2) is 0 Å². The van der Waals surface area contributed by atoms with Gasteiger partial charge in [-0.15, -0.1) is 0 Å². The fourth-order valence-electron chi connectivity index (χ4n) is 3.03. The summed E-state index contributed by atoms with van der Waals surface area (Å²) in [6.45, 7) is 4.42. The van der Waals surface area contributed by atoms with Crippen molar-refractivity contribution in [3.63, 3.8) is 0 Å². The SMILES string of the molecule is CCOC(=O)c1c2cccccc-2c2c(=O)c(C#N)cn(CC)c12. The summed E-state index contributed by atoms with van der Waals surface area (Å²) in [5.41, 5.74) is 1.93. The Morgan fingerprint density at radius 1 is 1.21 bits per heavy atom. The normalized spacial score (nSPS) is 10.7. The van der Waals surface area contributed by atoms with E-state index in [2.05, 4.69) is 0 Å². The van der Waals surface area contributed by atoms with Gasteiger partial charge in [0.05, 0.1) is 23.1 Å². The molecule has 0 saturated carbocycles. The van der Waals surface area contributed by atoms with E-state index < -0.39 is 5.97 Å². The summed E-state index contributed by atoms with van der Waals surface area (Å²) in [7, 11) is 0. The fraction of sp³-hybridized carbons (Fsp3) is 0.211. The molecule has 24 heavy (non-hydrogen) atoms. The van der Waals surface area contributed by atoms with Crippen molar-refractivity contribution in [1.82, 2.24) is 4.57 Å². The molecule has 0 unspecified atom stereocenters. The molecule has 2 aliphatic rings. The van der Waals surface area contributed by atoms with Gasteiger partial charge in [0.25, 0.3) is 0 Å². The van der Waals surface area contributed by atoms with E-state index in [0.717, 1.165) is 0 Å². The minimum absolute atomic E-state index is 0.0677. The van der Waals surface area contributed by atoms with Crippen LogP contribution in [0.3, 0.4) is 0 Å². The number of aryl methyl sites for hydroxylation is 1. The van der Waals surface area contributed by atoms with Crippen molar-refractivity contribution in [1.29, 1.82) is 5.26 Å². The highest BCUT2D eigenvalue weighted by atomic mass is 16.5. The van der Waals surface area contributed by atoms with Crippen molar-refractivity contribution in [2.75, 3.05) is 6.61 Å². The Labute approximate surface area is 139 Å². The first kappa shape index (κ1) is 15.8. The van der Waals surface area contributed by atoms with Crippen LogP contribution in [-0.4, -0.2) is 17.1 Å². The molecule has 0 radical (unpaired) electrons. The van der Waals surface area contributed by atoms with Gasteiger partial charge in [-0.25, -0.2) is 4.79 Å². The number of rotatable bonds is 3. The van der Waals surface area contributed by atoms with Crippen molar-refractivity contribution >= 4 is 16.9 Å². The van der Waals surface area contributed by atoms with E-state index in [9.17, 15) is 14.9 Å². The molecule has 120 valence electrons. The molecule has 1 heterocycles. The van der Waals surface area contributed by atoms with Crippen LogP contribution >= 0.6 is 0 Å². The van der Waals surface area contributed by atoms with E-state index in [1.807, 2.05) is 31.2 Å². The third-order valence-corrected chi connectivity index (χ3v) is 4.03. The second kappa shape index (κ2) is 6.17. The first-order valence-corrected chi connectivity index (χ1v) is 7.79. The van der Waals surface area contributed by atoms with Gasteiger partial charge >= 0.3 is 5.97 Å². The number of nitrogens with zero attached hydrogens (tertiary/aromatic N) is 2. The molecule has 5 heteroatoms. The van der Waals surface area contributed by atoms with E-state index in [0.29, 0.717) is 34.1 Å². The Balaban J connectivity index is 2.59. The molecule has 0 aliphatic heterocycles. The van der Waals surface area contributed by atoms with E-state index in [4.69, 9.17) is 4.74 Å². The van der Waals surface area contributed by atoms with Crippen LogP contribution in [0.15, 0.2) is 41.3 Å². The van der Waals surface area contributed by atoms with E-state index in [-0.39, 0.29) is 17.6 Å². The first-order valence-electron chi connectivity index (χ1n) is 7.79. The molecular formula is C19H16N2O3. The van der Waals surface area contributed by atoms with Crippen LogP contribution in [0.25, 0.3) is 22.0 Å². The molecular weight excluding hydrogens is 304 g/mol. The third-order valence-electron chi connectivity index (χ3n) is 4.03. The molecule has 1 aromatic heterocycles. The molecule has 3 rings (SSSR count). The zero-order valence-electron chi connectivity index (χ0n) is 13.5. The molecule has 0 atom stereocenters. The Kier molecular flexibility index (Phi) is 4.05. The summed E-state index contributed by atoms with van der Waals surface area (Å²) in [6, 6.07) is 11.0. The Morgan fingerprint density at radius 3 is 2.54 bits per heavy atom. The van der Waals surface area contributed by atoms with Crippen molar-refractivity contribution in [3.05, 3.63) is 57.9 Å². The maximum Gasteiger partial charge on any atom is 0.340 e. The monoisotopic (exact) mass is 320 g/mol. The number of ether oxygens (including phenoxy) is 1. The van der Waals surface area contributed by atoms with Gasteiger partial charge in [0, 0.05) is 12.7 Å². The lowest BCUT2D eigenvalue weighted by molar-refractivity contribution is 0.0529. The molecule has 0 spiro atoms. The van der Waals surface area contributed by atoms with Gasteiger partial charge in [0.1, 0.15) is 11.6 Å². The number of carbonyl (C=O) groups excluding carboxylic acids is 1. The first-order chi connectivity index (χ1) is 11.6. The average molecular weight is 320 g/mol. The van der Waals surface area contributed by atoms with Crippen LogP contribution in [-0.2, 0) is 11.3 Å². The number of nitriles is 1. The predicted octanol–water partition coefficient (Wildman–Crippen LogP) is 3.17. The maximum atomic E-state index is 12.7. The topological polar surface area (TPSA) is 72.1 Å². The largest absolute Gasteiger partial charge is 0.462 e. The maximum absolute atomic E-state index is 12.7. The molecule has 0 amide bonds. The predicted molar refractivity (Wildman–Crippen MR) is 91.2 cm³/mol. The minimum Gasteiger partial charge on any atom is -0.462 e. The molecule has 0 bridgehead atoms. The highest BCUT2D eigenvalue weighted by Gasteiger charge is 2.27. The lowest BCUT2D eigenvalue weighted by Gasteiger charge is -2.09. The van der Waals surface area contributed by atoms with Crippen LogP contribution < -0.4 is 5.43 Å². The van der Waals surface area contributed by atoms with Gasteiger partial charge in [-0.05, 0) is 25.0 Å². The van der Waals surface area contributed by atoms with Gasteiger partial charge in [-0.3, -0.25) is 4.79 Å². The van der Waals surface area contributed by atoms with Crippen molar-refractivity contribution in [3.8, 4) is 17.2 Å². The molecule has 0 aromatic carbocycles. The number of hydrogen-bond donors (Lipinski definition) is 0. The Morgan fingerprint density at radius 2 is 1.92 bits per heavy atom. The summed E-state index contributed by atoms with van der Waals surface area (Å²) in [5, 5.41) is 9.66. The second-order valence-electron chi connectivity index (χ2n) is 5.33. The molecule has 0 N–H and O–H groups in total. The number of pyridine rings is 1. The number of carbonyl (C=O) groups is 1. The van der Waals surface area contributed by atoms with Crippen LogP contribution in [0.1, 0.15) is 29.8 Å². The molecule has 5 nitrogen and oxygen atoms in total. The Bertz CT molecular complexity index is 1010. The standard InChI is InChI=1S/C19H16N2O3/c1-3-21-11-12(10-20)18(22)15-13-8-6-5-7-9-14(13)16(17(15)21)19(23)24-4-2/h5-9,11H,3-4H2,1-2H3. The van der Waals surface area contributed by atoms with Gasteiger partial charge < -0.3 is 9.30 Å². The van der Waals surface area contributed by atoms with E-state index in [1.165, 1.54) is 6.20 Å². The van der Waals surface area contributed by atoms with Crippen molar-refractivity contribution in [2.45, 2.75) is 20.4 Å². The Hall–Kier alpha value is -3.13. The van der Waals surface area contributed by atoms with E-state index in [1.54, 1.807) is 23.6 Å². The number of esters is 1. The highest BCUT2D eigenvalue weighted by molar-refractivity contribution is 6.16. The van der Waals surface area contributed by atoms with Crippen LogP contribution in [0.4, 0.5) is 0 Å². The molecule has 0 saturated heterocycles. The van der Waals surface area contributed by atoms with Gasteiger partial charge in [-0.1, -0.05) is 30.3 Å². The lowest BCUT2D eigenvalue weighted by atomic mass is 10.1. The van der Waals surface area contributed by atoms with Crippen molar-refractivity contribution < 1.29 is 9.53 Å². The second-order valence-corrected chi connectivity index (χ2v) is 5.33. The number of fused-ring (bicyclic) bond motifs is 3. The number of hydrogen-bond acceptors (Lipinski definition) is 4. The molecule has 2 aliphatic carbocycles. The van der Waals surface area contributed by atoms with Crippen molar-refractivity contribution in [2.24, 2.45) is 0 Å². The third kappa shape index (κ3) is 2.24. The van der Waals surface area contributed by atoms with Crippen LogP contribution in [0.2, 0.25) is 0 Å². The van der Waals surface area contributed by atoms with Gasteiger partial charge in [0.2, 0.25) is 5.43 Å². The van der Waals surface area contributed by atoms with Crippen LogP contribution in [0.5, 0.6) is 0 Å². The molecule has 0 fully saturated rings. The summed E-state index contributed by atoms with van der Waals surface area (Å²) in [6.07, 6.45) is 1.51. The lowest BCUT2D eigenvalue weighted by Crippen LogP contribution is -2.13. The summed E-state index contributed by atoms with van der Waals surface area (Å²) in [5.74, 6) is -0.463. The zero-order chi connectivity index (χ0) is 17.3. The molecule has 1 aromatic rings. The van der Waals surface area contributed by atoms with Gasteiger partial charge in [-0.2, -0.15) is 5.26 Å². The minimum atomic E-state index is -0.463. The summed E-state index contributed by atoms with van der Waals surface area (Å²) < 4.78 is 6.98. The zero-order valence-corrected chi connectivity index (χ0v) is 13.5. The summed E-state index contributed by atoms with van der Waals surface area (Å²) >= 11 is 0. The smallest absolute Gasteiger partial charge is 0.340 e. The highest BCUT2D eigenvalue weighted by Crippen LogP contribution is 2.37. The number of aromatic nitrogens is 1. The average Bonchev–Trinajstić information content (AvgIpc) is 2.73.